The van der Waals surface area contributed by atoms with E-state index in [2.05, 4.69) is 25.2 Å². The SMILES string of the molecule is Cc1nc(C)n(-c2nccnc2/C(N)=N/O)n1. The third kappa shape index (κ3) is 1.92. The predicted molar refractivity (Wildman–Crippen MR) is 58.9 cm³/mol. The highest BCUT2D eigenvalue weighted by atomic mass is 16.4. The van der Waals surface area contributed by atoms with E-state index >= 15 is 0 Å². The summed E-state index contributed by atoms with van der Waals surface area (Å²) in [6.45, 7) is 3.55. The molecule has 0 aliphatic rings. The van der Waals surface area contributed by atoms with Crippen molar-refractivity contribution >= 4 is 5.84 Å². The first-order valence-corrected chi connectivity index (χ1v) is 4.83. The second-order valence-electron chi connectivity index (χ2n) is 3.33. The van der Waals surface area contributed by atoms with Gasteiger partial charge in [-0.05, 0) is 13.8 Å². The lowest BCUT2D eigenvalue weighted by atomic mass is 10.3. The van der Waals surface area contributed by atoms with Crippen LogP contribution >= 0.6 is 0 Å². The molecule has 0 saturated heterocycles. The van der Waals surface area contributed by atoms with Gasteiger partial charge in [-0.2, -0.15) is 4.68 Å². The summed E-state index contributed by atoms with van der Waals surface area (Å²) in [7, 11) is 0. The normalized spacial score (nSPS) is 11.8. The monoisotopic (exact) mass is 233 g/mol. The van der Waals surface area contributed by atoms with Crippen molar-refractivity contribution in [2.75, 3.05) is 0 Å². The summed E-state index contributed by atoms with van der Waals surface area (Å²) in [5.74, 6) is 1.51. The predicted octanol–water partition coefficient (Wildman–Crippen LogP) is -0.231. The Morgan fingerprint density at radius 2 is 2.06 bits per heavy atom. The van der Waals surface area contributed by atoms with Crippen molar-refractivity contribution in [3.05, 3.63) is 29.7 Å². The van der Waals surface area contributed by atoms with Gasteiger partial charge in [-0.25, -0.2) is 15.0 Å². The van der Waals surface area contributed by atoms with E-state index in [1.807, 2.05) is 0 Å². The minimum absolute atomic E-state index is 0.124. The molecule has 0 bridgehead atoms. The van der Waals surface area contributed by atoms with Crippen LogP contribution in [0, 0.1) is 13.8 Å². The Hall–Kier alpha value is -2.51. The summed E-state index contributed by atoms with van der Waals surface area (Å²) >= 11 is 0. The molecule has 0 aliphatic heterocycles. The Morgan fingerprint density at radius 1 is 1.35 bits per heavy atom. The van der Waals surface area contributed by atoms with E-state index in [0.29, 0.717) is 17.5 Å². The van der Waals surface area contributed by atoms with E-state index in [9.17, 15) is 0 Å². The maximum atomic E-state index is 8.68. The van der Waals surface area contributed by atoms with Crippen molar-refractivity contribution in [3.8, 4) is 5.82 Å². The van der Waals surface area contributed by atoms with Crippen molar-refractivity contribution in [1.82, 2.24) is 24.7 Å². The molecule has 0 aromatic carbocycles. The molecule has 2 aromatic rings. The van der Waals surface area contributed by atoms with Gasteiger partial charge < -0.3 is 10.9 Å². The fraction of sp³-hybridized carbons (Fsp3) is 0.222. The van der Waals surface area contributed by atoms with E-state index in [0.717, 1.165) is 0 Å². The van der Waals surface area contributed by atoms with E-state index < -0.39 is 0 Å². The molecule has 0 amide bonds. The Labute approximate surface area is 96.8 Å². The fourth-order valence-electron chi connectivity index (χ4n) is 1.44. The van der Waals surface area contributed by atoms with Gasteiger partial charge in [-0.15, -0.1) is 5.10 Å². The number of nitrogens with two attached hydrogens (primary N) is 1. The second-order valence-corrected chi connectivity index (χ2v) is 3.33. The van der Waals surface area contributed by atoms with Gasteiger partial charge in [0, 0.05) is 12.4 Å². The minimum Gasteiger partial charge on any atom is -0.409 e. The standard InChI is InChI=1S/C9H11N7O/c1-5-13-6(2)16(14-5)9-7(8(10)15-17)11-3-4-12-9/h3-4,17H,1-2H3,(H2,10,15). The second kappa shape index (κ2) is 4.16. The number of amidine groups is 1. The van der Waals surface area contributed by atoms with Crippen LogP contribution < -0.4 is 5.73 Å². The molecular weight excluding hydrogens is 222 g/mol. The van der Waals surface area contributed by atoms with Crippen LogP contribution in [0.5, 0.6) is 0 Å². The third-order valence-corrected chi connectivity index (χ3v) is 2.10. The molecule has 0 fully saturated rings. The topological polar surface area (TPSA) is 115 Å². The lowest BCUT2D eigenvalue weighted by molar-refractivity contribution is 0.318. The van der Waals surface area contributed by atoms with Crippen molar-refractivity contribution < 1.29 is 5.21 Å². The Balaban J connectivity index is 2.64. The highest BCUT2D eigenvalue weighted by molar-refractivity contribution is 5.97. The van der Waals surface area contributed by atoms with Crippen LogP contribution in [0.2, 0.25) is 0 Å². The summed E-state index contributed by atoms with van der Waals surface area (Å²) in [6.07, 6.45) is 2.95. The first kappa shape index (κ1) is 11.0. The van der Waals surface area contributed by atoms with Crippen LogP contribution in [0.1, 0.15) is 17.3 Å². The third-order valence-electron chi connectivity index (χ3n) is 2.10. The van der Waals surface area contributed by atoms with Crippen molar-refractivity contribution in [2.24, 2.45) is 10.9 Å². The number of rotatable bonds is 2. The van der Waals surface area contributed by atoms with Crippen LogP contribution in [0.25, 0.3) is 5.82 Å². The summed E-state index contributed by atoms with van der Waals surface area (Å²) in [5.41, 5.74) is 5.78. The molecule has 0 saturated carbocycles. The molecule has 2 aromatic heterocycles. The van der Waals surface area contributed by atoms with Gasteiger partial charge in [0.2, 0.25) is 0 Å². The minimum atomic E-state index is -0.124. The van der Waals surface area contributed by atoms with E-state index in [-0.39, 0.29) is 11.5 Å². The molecule has 3 N–H and O–H groups in total. The van der Waals surface area contributed by atoms with Gasteiger partial charge in [0.05, 0.1) is 0 Å². The first-order chi connectivity index (χ1) is 8.13. The number of hydrogen-bond acceptors (Lipinski definition) is 6. The quantitative estimate of drug-likeness (QED) is 0.320. The Kier molecular flexibility index (Phi) is 2.69. The van der Waals surface area contributed by atoms with Gasteiger partial charge >= 0.3 is 0 Å². The zero-order valence-corrected chi connectivity index (χ0v) is 9.36. The Bertz CT molecular complexity index is 574. The fourth-order valence-corrected chi connectivity index (χ4v) is 1.44. The van der Waals surface area contributed by atoms with Crippen molar-refractivity contribution in [1.29, 1.82) is 0 Å². The maximum Gasteiger partial charge on any atom is 0.192 e. The molecular formula is C9H11N7O. The number of nitrogens with zero attached hydrogens (tertiary/aromatic N) is 6. The van der Waals surface area contributed by atoms with E-state index in [1.165, 1.54) is 17.1 Å². The molecule has 0 unspecified atom stereocenters. The van der Waals surface area contributed by atoms with Crippen LogP contribution in [-0.2, 0) is 0 Å². The highest BCUT2D eigenvalue weighted by Gasteiger charge is 2.15. The van der Waals surface area contributed by atoms with E-state index in [1.54, 1.807) is 13.8 Å². The maximum absolute atomic E-state index is 8.68. The molecule has 8 heteroatoms. The zero-order valence-electron chi connectivity index (χ0n) is 9.36. The molecule has 17 heavy (non-hydrogen) atoms. The van der Waals surface area contributed by atoms with Gasteiger partial charge in [0.15, 0.2) is 17.3 Å². The molecule has 0 aliphatic carbocycles. The molecule has 88 valence electrons. The average molecular weight is 233 g/mol. The molecule has 8 nitrogen and oxygen atoms in total. The Morgan fingerprint density at radius 3 is 2.65 bits per heavy atom. The summed E-state index contributed by atoms with van der Waals surface area (Å²) in [4.78, 5) is 12.3. The molecule has 0 radical (unpaired) electrons. The molecule has 0 spiro atoms. The van der Waals surface area contributed by atoms with E-state index in [4.69, 9.17) is 10.9 Å². The van der Waals surface area contributed by atoms with Gasteiger partial charge in [-0.1, -0.05) is 5.16 Å². The smallest absolute Gasteiger partial charge is 0.192 e. The number of aromatic nitrogens is 5. The number of hydrogen-bond donors (Lipinski definition) is 2. The van der Waals surface area contributed by atoms with Gasteiger partial charge in [0.25, 0.3) is 0 Å². The average Bonchev–Trinajstić information content (AvgIpc) is 2.67. The number of oxime groups is 1. The van der Waals surface area contributed by atoms with Crippen LogP contribution in [0.3, 0.4) is 0 Å². The molecule has 2 rings (SSSR count). The highest BCUT2D eigenvalue weighted by Crippen LogP contribution is 2.09. The molecule has 2 heterocycles. The van der Waals surface area contributed by atoms with Crippen LogP contribution in [0.15, 0.2) is 17.5 Å². The van der Waals surface area contributed by atoms with Crippen molar-refractivity contribution in [2.45, 2.75) is 13.8 Å². The summed E-state index contributed by atoms with van der Waals surface area (Å²) < 4.78 is 1.50. The lowest BCUT2D eigenvalue weighted by Crippen LogP contribution is -2.20. The lowest BCUT2D eigenvalue weighted by Gasteiger charge is -2.06. The number of aryl methyl sites for hydroxylation is 2. The van der Waals surface area contributed by atoms with Gasteiger partial charge in [0.1, 0.15) is 11.6 Å². The zero-order chi connectivity index (χ0) is 12.4. The molecule has 0 atom stereocenters. The summed E-state index contributed by atoms with van der Waals surface area (Å²) in [5, 5.41) is 15.8. The van der Waals surface area contributed by atoms with Gasteiger partial charge in [-0.3, -0.25) is 0 Å². The summed E-state index contributed by atoms with van der Waals surface area (Å²) in [6, 6.07) is 0. The van der Waals surface area contributed by atoms with Crippen LogP contribution in [0.4, 0.5) is 0 Å². The van der Waals surface area contributed by atoms with Crippen molar-refractivity contribution in [3.63, 3.8) is 0 Å². The first-order valence-electron chi connectivity index (χ1n) is 4.83. The largest absolute Gasteiger partial charge is 0.409 e. The van der Waals surface area contributed by atoms with Crippen LogP contribution in [-0.4, -0.2) is 35.8 Å².